The molecular weight excluding hydrogens is 214 g/mol. The highest BCUT2D eigenvalue weighted by molar-refractivity contribution is 5.08. The molecule has 3 N–H and O–H groups in total. The van der Waals surface area contributed by atoms with Gasteiger partial charge < -0.3 is 10.8 Å². The summed E-state index contributed by atoms with van der Waals surface area (Å²) in [5.74, 6) is 0.585. The normalized spacial score (nSPS) is 19.6. The van der Waals surface area contributed by atoms with E-state index in [-0.39, 0.29) is 12.0 Å². The predicted octanol–water partition coefficient (Wildman–Crippen LogP) is 1.35. The molecule has 1 aromatic heterocycles. The molecule has 1 heterocycles. The van der Waals surface area contributed by atoms with Gasteiger partial charge in [0.15, 0.2) is 0 Å². The maximum Gasteiger partial charge on any atom is 0.0631 e. The highest BCUT2D eigenvalue weighted by Crippen LogP contribution is 2.46. The van der Waals surface area contributed by atoms with E-state index in [2.05, 4.69) is 18.9 Å². The van der Waals surface area contributed by atoms with Gasteiger partial charge in [0, 0.05) is 30.6 Å². The van der Waals surface area contributed by atoms with Gasteiger partial charge in [0.2, 0.25) is 0 Å². The zero-order valence-electron chi connectivity index (χ0n) is 10.8. The van der Waals surface area contributed by atoms with E-state index in [0.717, 1.165) is 12.1 Å². The van der Waals surface area contributed by atoms with Crippen molar-refractivity contribution in [2.75, 3.05) is 13.2 Å². The van der Waals surface area contributed by atoms with Crippen LogP contribution in [0.2, 0.25) is 0 Å². The Labute approximate surface area is 103 Å². The van der Waals surface area contributed by atoms with Crippen LogP contribution in [-0.2, 0) is 6.42 Å². The first-order valence-corrected chi connectivity index (χ1v) is 6.46. The van der Waals surface area contributed by atoms with Gasteiger partial charge in [0.05, 0.1) is 12.3 Å². The van der Waals surface area contributed by atoms with E-state index in [4.69, 9.17) is 5.73 Å². The van der Waals surface area contributed by atoms with Crippen molar-refractivity contribution in [1.29, 1.82) is 0 Å². The molecule has 4 nitrogen and oxygen atoms in total. The number of aromatic nitrogens is 2. The molecule has 0 bridgehead atoms. The summed E-state index contributed by atoms with van der Waals surface area (Å²) in [6.07, 6.45) is 5.20. The number of aliphatic hydroxyl groups is 1. The summed E-state index contributed by atoms with van der Waals surface area (Å²) in [7, 11) is 0. The zero-order chi connectivity index (χ0) is 12.5. The SMILES string of the molecule is CC(C)n1ccc(CC(CN)(CO)C2CC2)n1. The number of hydrogen-bond donors (Lipinski definition) is 2. The minimum atomic E-state index is -0.143. The summed E-state index contributed by atoms with van der Waals surface area (Å²) >= 11 is 0. The second-order valence-electron chi connectivity index (χ2n) is 5.56. The lowest BCUT2D eigenvalue weighted by Crippen LogP contribution is -2.38. The smallest absolute Gasteiger partial charge is 0.0631 e. The Bertz CT molecular complexity index is 364. The molecule has 1 aliphatic rings. The minimum Gasteiger partial charge on any atom is -0.396 e. The summed E-state index contributed by atoms with van der Waals surface area (Å²) < 4.78 is 1.96. The quantitative estimate of drug-likeness (QED) is 0.785. The van der Waals surface area contributed by atoms with Gasteiger partial charge in [-0.05, 0) is 38.7 Å². The second-order valence-corrected chi connectivity index (χ2v) is 5.56. The fraction of sp³-hybridized carbons (Fsp3) is 0.769. The first-order valence-electron chi connectivity index (χ1n) is 6.46. The Morgan fingerprint density at radius 2 is 2.29 bits per heavy atom. The Hall–Kier alpha value is -0.870. The van der Waals surface area contributed by atoms with E-state index < -0.39 is 0 Å². The lowest BCUT2D eigenvalue weighted by Gasteiger charge is -2.29. The average Bonchev–Trinajstić information content (AvgIpc) is 3.06. The molecule has 2 rings (SSSR count). The van der Waals surface area contributed by atoms with Crippen molar-refractivity contribution in [3.05, 3.63) is 18.0 Å². The molecule has 0 amide bonds. The maximum absolute atomic E-state index is 9.65. The monoisotopic (exact) mass is 237 g/mol. The highest BCUT2D eigenvalue weighted by atomic mass is 16.3. The van der Waals surface area contributed by atoms with Gasteiger partial charge in [0.25, 0.3) is 0 Å². The Morgan fingerprint density at radius 3 is 2.71 bits per heavy atom. The van der Waals surface area contributed by atoms with E-state index in [1.54, 1.807) is 0 Å². The molecule has 0 spiro atoms. The maximum atomic E-state index is 9.65. The largest absolute Gasteiger partial charge is 0.396 e. The number of aliphatic hydroxyl groups excluding tert-OH is 1. The molecule has 4 heteroatoms. The van der Waals surface area contributed by atoms with Crippen LogP contribution in [0.5, 0.6) is 0 Å². The molecule has 1 aliphatic carbocycles. The van der Waals surface area contributed by atoms with Gasteiger partial charge in [-0.15, -0.1) is 0 Å². The number of nitrogens with two attached hydrogens (primary N) is 1. The Kier molecular flexibility index (Phi) is 3.54. The first-order chi connectivity index (χ1) is 8.11. The second kappa shape index (κ2) is 4.78. The van der Waals surface area contributed by atoms with Crippen molar-refractivity contribution in [2.24, 2.45) is 17.1 Å². The van der Waals surface area contributed by atoms with Crippen LogP contribution in [0.1, 0.15) is 38.4 Å². The van der Waals surface area contributed by atoms with Crippen molar-refractivity contribution < 1.29 is 5.11 Å². The third-order valence-corrected chi connectivity index (χ3v) is 3.89. The molecule has 0 aromatic carbocycles. The zero-order valence-corrected chi connectivity index (χ0v) is 10.8. The van der Waals surface area contributed by atoms with Crippen LogP contribution in [0, 0.1) is 11.3 Å². The van der Waals surface area contributed by atoms with Crippen LogP contribution >= 0.6 is 0 Å². The lowest BCUT2D eigenvalue weighted by molar-refractivity contribution is 0.107. The van der Waals surface area contributed by atoms with Gasteiger partial charge in [-0.1, -0.05) is 0 Å². The fourth-order valence-electron chi connectivity index (χ4n) is 2.45. The molecule has 1 fully saturated rings. The topological polar surface area (TPSA) is 64.1 Å². The summed E-state index contributed by atoms with van der Waals surface area (Å²) in [4.78, 5) is 0. The Morgan fingerprint density at radius 1 is 1.59 bits per heavy atom. The lowest BCUT2D eigenvalue weighted by atomic mass is 9.79. The molecular formula is C13H23N3O. The summed E-state index contributed by atoms with van der Waals surface area (Å²) in [6, 6.07) is 2.42. The number of hydrogen-bond acceptors (Lipinski definition) is 3. The van der Waals surface area contributed by atoms with Gasteiger partial charge in [-0.3, -0.25) is 4.68 Å². The van der Waals surface area contributed by atoms with Crippen molar-refractivity contribution in [2.45, 2.75) is 39.2 Å². The van der Waals surface area contributed by atoms with E-state index >= 15 is 0 Å². The summed E-state index contributed by atoms with van der Waals surface area (Å²) in [6.45, 7) is 4.94. The standard InChI is InChI=1S/C13H23N3O/c1-10(2)16-6-5-12(15-16)7-13(8-14,9-17)11-3-4-11/h5-6,10-11,17H,3-4,7-9,14H2,1-2H3. The third kappa shape index (κ3) is 2.53. The molecule has 1 aromatic rings. The molecule has 0 aliphatic heterocycles. The van der Waals surface area contributed by atoms with Crippen molar-refractivity contribution in [3.8, 4) is 0 Å². The highest BCUT2D eigenvalue weighted by Gasteiger charge is 2.44. The van der Waals surface area contributed by atoms with E-state index in [1.807, 2.05) is 16.9 Å². The van der Waals surface area contributed by atoms with Gasteiger partial charge >= 0.3 is 0 Å². The van der Waals surface area contributed by atoms with Crippen LogP contribution in [-0.4, -0.2) is 28.0 Å². The van der Waals surface area contributed by atoms with Crippen LogP contribution in [0.3, 0.4) is 0 Å². The van der Waals surface area contributed by atoms with Gasteiger partial charge in [-0.2, -0.15) is 5.10 Å². The summed E-state index contributed by atoms with van der Waals surface area (Å²) in [5, 5.41) is 14.2. The predicted molar refractivity (Wildman–Crippen MR) is 67.6 cm³/mol. The van der Waals surface area contributed by atoms with Crippen molar-refractivity contribution in [1.82, 2.24) is 9.78 Å². The third-order valence-electron chi connectivity index (χ3n) is 3.89. The van der Waals surface area contributed by atoms with Crippen LogP contribution in [0.4, 0.5) is 0 Å². The molecule has 96 valence electrons. The van der Waals surface area contributed by atoms with E-state index in [0.29, 0.717) is 18.5 Å². The van der Waals surface area contributed by atoms with Crippen molar-refractivity contribution in [3.63, 3.8) is 0 Å². The molecule has 0 radical (unpaired) electrons. The molecule has 0 saturated heterocycles. The molecule has 1 unspecified atom stereocenters. The minimum absolute atomic E-state index is 0.143. The van der Waals surface area contributed by atoms with Crippen LogP contribution in [0.25, 0.3) is 0 Å². The van der Waals surface area contributed by atoms with E-state index in [9.17, 15) is 5.11 Å². The first kappa shape index (κ1) is 12.6. The average molecular weight is 237 g/mol. The molecule has 1 saturated carbocycles. The summed E-state index contributed by atoms with van der Waals surface area (Å²) in [5.41, 5.74) is 6.78. The van der Waals surface area contributed by atoms with Gasteiger partial charge in [-0.25, -0.2) is 0 Å². The number of rotatable bonds is 6. The fourth-order valence-corrected chi connectivity index (χ4v) is 2.45. The van der Waals surface area contributed by atoms with E-state index in [1.165, 1.54) is 12.8 Å². The molecule has 17 heavy (non-hydrogen) atoms. The van der Waals surface area contributed by atoms with Crippen molar-refractivity contribution >= 4 is 0 Å². The van der Waals surface area contributed by atoms with Crippen LogP contribution < -0.4 is 5.73 Å². The van der Waals surface area contributed by atoms with Crippen LogP contribution in [0.15, 0.2) is 12.3 Å². The molecule has 1 atom stereocenters. The van der Waals surface area contributed by atoms with Gasteiger partial charge in [0.1, 0.15) is 0 Å². The number of nitrogens with zero attached hydrogens (tertiary/aromatic N) is 2. The Balaban J connectivity index is 2.11.